The minimum Gasteiger partial charge on any atom is -0.493 e. The van der Waals surface area contributed by atoms with Gasteiger partial charge in [0.05, 0.1) is 29.9 Å². The number of nitro benzene ring substituents is 1. The first-order valence-corrected chi connectivity index (χ1v) is 10.3. The number of halogens is 4. The Morgan fingerprint density at radius 2 is 1.88 bits per heavy atom. The topological polar surface area (TPSA) is 94.3 Å². The Morgan fingerprint density at radius 3 is 2.42 bits per heavy atom. The summed E-state index contributed by atoms with van der Waals surface area (Å²) in [6.07, 6.45) is -3.13. The summed E-state index contributed by atoms with van der Waals surface area (Å²) in [5.41, 5.74) is -2.16. The van der Waals surface area contributed by atoms with Crippen molar-refractivity contribution in [1.29, 1.82) is 0 Å². The summed E-state index contributed by atoms with van der Waals surface area (Å²) in [6, 6.07) is 7.43. The van der Waals surface area contributed by atoms with Crippen LogP contribution in [0.25, 0.3) is 6.08 Å². The van der Waals surface area contributed by atoms with Gasteiger partial charge in [0.2, 0.25) is 0 Å². The molecule has 0 spiro atoms. The molecular formula is C21H17BrF3N3O5. The van der Waals surface area contributed by atoms with Crippen molar-refractivity contribution in [3.05, 3.63) is 62.1 Å². The van der Waals surface area contributed by atoms with Gasteiger partial charge in [0.1, 0.15) is 0 Å². The second-order valence-corrected chi connectivity index (χ2v) is 7.62. The van der Waals surface area contributed by atoms with Crippen LogP contribution in [-0.2, 0) is 4.79 Å². The Hall–Kier alpha value is -3.41. The molecule has 0 bridgehead atoms. The molecule has 12 heteroatoms. The van der Waals surface area contributed by atoms with Crippen LogP contribution < -0.4 is 14.5 Å². The lowest BCUT2D eigenvalue weighted by Gasteiger charge is -2.13. The first-order chi connectivity index (χ1) is 15.6. The molecule has 33 heavy (non-hydrogen) atoms. The third kappa shape index (κ3) is 5.16. The lowest BCUT2D eigenvalue weighted by Crippen LogP contribution is -2.25. The number of alkyl halides is 3. The maximum absolute atomic E-state index is 13.7. The molecule has 174 valence electrons. The summed E-state index contributed by atoms with van der Waals surface area (Å²) in [5, 5.41) is 14.8. The summed E-state index contributed by atoms with van der Waals surface area (Å²) in [7, 11) is 1.39. The van der Waals surface area contributed by atoms with Gasteiger partial charge in [0, 0.05) is 16.6 Å². The van der Waals surface area contributed by atoms with Gasteiger partial charge in [-0.2, -0.15) is 23.3 Å². The average Bonchev–Trinajstić information content (AvgIpc) is 3.10. The molecule has 1 amide bonds. The Labute approximate surface area is 194 Å². The van der Waals surface area contributed by atoms with Crippen molar-refractivity contribution in [1.82, 2.24) is 0 Å². The number of methoxy groups -OCH3 is 1. The van der Waals surface area contributed by atoms with Gasteiger partial charge < -0.3 is 9.47 Å². The quantitative estimate of drug-likeness (QED) is 0.269. The summed E-state index contributed by atoms with van der Waals surface area (Å²) in [5.74, 6) is -0.363. The van der Waals surface area contributed by atoms with Crippen molar-refractivity contribution < 1.29 is 32.4 Å². The number of amides is 1. The maximum atomic E-state index is 13.7. The standard InChI is InChI=1S/C21H17BrF3N3O5/c1-3-8-33-18-11-16(22)12(10-17(18)32-2)9-15-19(21(23,24)25)26-27(20(15)29)13-4-6-14(7-5-13)28(30)31/h4-7,9-11H,3,8H2,1-2H3. The molecule has 0 saturated heterocycles. The van der Waals surface area contributed by atoms with Crippen LogP contribution in [-0.4, -0.2) is 36.4 Å². The number of nitrogens with zero attached hydrogens (tertiary/aromatic N) is 3. The SMILES string of the molecule is CCCOc1cc(Br)c(C=C2C(=O)N(c3ccc([N+](=O)[O-])cc3)N=C2C(F)(F)F)cc1OC. The van der Waals surface area contributed by atoms with Crippen molar-refractivity contribution >= 4 is 45.0 Å². The first kappa shape index (κ1) is 24.2. The van der Waals surface area contributed by atoms with E-state index in [2.05, 4.69) is 21.0 Å². The Morgan fingerprint density at radius 1 is 1.21 bits per heavy atom. The minimum atomic E-state index is -4.92. The van der Waals surface area contributed by atoms with Gasteiger partial charge in [-0.3, -0.25) is 14.9 Å². The molecule has 0 N–H and O–H groups in total. The Bertz CT molecular complexity index is 1150. The number of carbonyl (C=O) groups excluding carboxylic acids is 1. The number of rotatable bonds is 7. The molecule has 0 aromatic heterocycles. The lowest BCUT2D eigenvalue weighted by molar-refractivity contribution is -0.384. The van der Waals surface area contributed by atoms with Gasteiger partial charge in [-0.05, 0) is 42.3 Å². The number of hydrogen-bond acceptors (Lipinski definition) is 6. The molecular weight excluding hydrogens is 511 g/mol. The van der Waals surface area contributed by atoms with Gasteiger partial charge in [-0.1, -0.05) is 22.9 Å². The number of ether oxygens (including phenoxy) is 2. The molecule has 0 atom stereocenters. The summed E-state index contributed by atoms with van der Waals surface area (Å²) < 4.78 is 52.3. The molecule has 0 fully saturated rings. The van der Waals surface area contributed by atoms with Crippen LogP contribution in [0.5, 0.6) is 11.5 Å². The van der Waals surface area contributed by atoms with Crippen LogP contribution >= 0.6 is 15.9 Å². The van der Waals surface area contributed by atoms with E-state index in [1.165, 1.54) is 13.2 Å². The van der Waals surface area contributed by atoms with Crippen molar-refractivity contribution in [3.8, 4) is 11.5 Å². The number of non-ortho nitro benzene ring substituents is 1. The molecule has 2 aromatic carbocycles. The van der Waals surface area contributed by atoms with E-state index in [0.717, 1.165) is 36.8 Å². The van der Waals surface area contributed by atoms with E-state index in [-0.39, 0.29) is 22.7 Å². The normalized spacial score (nSPS) is 15.1. The van der Waals surface area contributed by atoms with Crippen LogP contribution in [0.2, 0.25) is 0 Å². The molecule has 0 saturated carbocycles. The number of nitro groups is 1. The number of hydrogen-bond donors (Lipinski definition) is 0. The van der Waals surface area contributed by atoms with Crippen molar-refractivity contribution in [2.45, 2.75) is 19.5 Å². The van der Waals surface area contributed by atoms with E-state index in [1.807, 2.05) is 6.92 Å². The lowest BCUT2D eigenvalue weighted by atomic mass is 10.1. The zero-order valence-corrected chi connectivity index (χ0v) is 18.9. The van der Waals surface area contributed by atoms with Gasteiger partial charge in [-0.25, -0.2) is 0 Å². The highest BCUT2D eigenvalue weighted by molar-refractivity contribution is 9.10. The molecule has 8 nitrogen and oxygen atoms in total. The smallest absolute Gasteiger partial charge is 0.435 e. The second-order valence-electron chi connectivity index (χ2n) is 6.77. The van der Waals surface area contributed by atoms with E-state index in [0.29, 0.717) is 21.8 Å². The average molecular weight is 528 g/mol. The van der Waals surface area contributed by atoms with Gasteiger partial charge in [0.25, 0.3) is 11.6 Å². The fourth-order valence-electron chi connectivity index (χ4n) is 2.95. The molecule has 0 radical (unpaired) electrons. The predicted molar refractivity (Wildman–Crippen MR) is 119 cm³/mol. The summed E-state index contributed by atoms with van der Waals surface area (Å²) >= 11 is 3.29. The minimum absolute atomic E-state index is 0.0456. The number of carbonyl (C=O) groups is 1. The van der Waals surface area contributed by atoms with Crippen LogP contribution in [0.15, 0.2) is 51.5 Å². The molecule has 0 unspecified atom stereocenters. The van der Waals surface area contributed by atoms with E-state index < -0.39 is 28.3 Å². The van der Waals surface area contributed by atoms with E-state index in [9.17, 15) is 28.1 Å². The maximum Gasteiger partial charge on any atom is 0.435 e. The van der Waals surface area contributed by atoms with Crippen molar-refractivity contribution in [3.63, 3.8) is 0 Å². The van der Waals surface area contributed by atoms with Crippen LogP contribution in [0.4, 0.5) is 24.5 Å². The Kier molecular flexibility index (Phi) is 7.06. The third-order valence-corrected chi connectivity index (χ3v) is 5.18. The van der Waals surface area contributed by atoms with Crippen LogP contribution in [0.1, 0.15) is 18.9 Å². The Balaban J connectivity index is 2.05. The number of hydrazone groups is 1. The largest absolute Gasteiger partial charge is 0.493 e. The van der Waals surface area contributed by atoms with E-state index in [1.54, 1.807) is 6.07 Å². The summed E-state index contributed by atoms with van der Waals surface area (Å²) in [6.45, 7) is 2.33. The molecule has 1 aliphatic heterocycles. The molecule has 0 aliphatic carbocycles. The van der Waals surface area contributed by atoms with Crippen LogP contribution in [0.3, 0.4) is 0 Å². The molecule has 1 heterocycles. The van der Waals surface area contributed by atoms with Crippen molar-refractivity contribution in [2.24, 2.45) is 5.10 Å². The van der Waals surface area contributed by atoms with Gasteiger partial charge in [-0.15, -0.1) is 0 Å². The number of anilines is 1. The van der Waals surface area contributed by atoms with E-state index in [4.69, 9.17) is 9.47 Å². The molecule has 2 aromatic rings. The fraction of sp³-hybridized carbons (Fsp3) is 0.238. The predicted octanol–water partition coefficient (Wildman–Crippen LogP) is 5.50. The second kappa shape index (κ2) is 9.61. The highest BCUT2D eigenvalue weighted by atomic mass is 79.9. The van der Waals surface area contributed by atoms with Gasteiger partial charge >= 0.3 is 6.18 Å². The van der Waals surface area contributed by atoms with Crippen LogP contribution in [0, 0.1) is 10.1 Å². The first-order valence-electron chi connectivity index (χ1n) is 9.54. The highest BCUT2D eigenvalue weighted by Crippen LogP contribution is 2.37. The molecule has 1 aliphatic rings. The number of benzene rings is 2. The van der Waals surface area contributed by atoms with E-state index >= 15 is 0 Å². The highest BCUT2D eigenvalue weighted by Gasteiger charge is 2.47. The fourth-order valence-corrected chi connectivity index (χ4v) is 3.38. The monoisotopic (exact) mass is 527 g/mol. The third-order valence-electron chi connectivity index (χ3n) is 4.50. The van der Waals surface area contributed by atoms with Crippen molar-refractivity contribution in [2.75, 3.05) is 18.7 Å². The zero-order valence-electron chi connectivity index (χ0n) is 17.4. The van der Waals surface area contributed by atoms with Gasteiger partial charge in [0.15, 0.2) is 17.2 Å². The zero-order chi connectivity index (χ0) is 24.3. The molecule has 3 rings (SSSR count). The summed E-state index contributed by atoms with van der Waals surface area (Å²) in [4.78, 5) is 23.1.